The van der Waals surface area contributed by atoms with Crippen molar-refractivity contribution in [2.24, 2.45) is 5.92 Å². The Kier molecular flexibility index (Phi) is 3.83. The lowest BCUT2D eigenvalue weighted by Crippen LogP contribution is -2.46. The largest absolute Gasteiger partial charge is 0.440 e. The fourth-order valence-corrected chi connectivity index (χ4v) is 5.07. The Bertz CT molecular complexity index is 989. The molecule has 26 heavy (non-hydrogen) atoms. The van der Waals surface area contributed by atoms with Gasteiger partial charge in [0.25, 0.3) is 5.56 Å². The monoisotopic (exact) mass is 367 g/mol. The van der Waals surface area contributed by atoms with E-state index in [0.29, 0.717) is 11.8 Å². The molecule has 0 unspecified atom stereocenters. The van der Waals surface area contributed by atoms with E-state index < -0.39 is 0 Å². The van der Waals surface area contributed by atoms with Gasteiger partial charge in [0, 0.05) is 43.9 Å². The van der Waals surface area contributed by atoms with Crippen LogP contribution in [0.3, 0.4) is 0 Å². The molecule has 1 fully saturated rings. The molecule has 1 saturated heterocycles. The van der Waals surface area contributed by atoms with E-state index in [1.807, 2.05) is 35.1 Å². The first kappa shape index (κ1) is 16.0. The van der Waals surface area contributed by atoms with Crippen molar-refractivity contribution in [1.82, 2.24) is 14.5 Å². The average Bonchev–Trinajstić information content (AvgIpc) is 3.26. The molecule has 0 aromatic carbocycles. The van der Waals surface area contributed by atoms with Crippen LogP contribution < -0.4 is 5.56 Å². The van der Waals surface area contributed by atoms with Gasteiger partial charge in [0.1, 0.15) is 5.76 Å². The third-order valence-corrected chi connectivity index (χ3v) is 6.41. The minimum atomic E-state index is 0.138. The van der Waals surface area contributed by atoms with Crippen LogP contribution in [0.4, 0.5) is 0 Å². The smallest absolute Gasteiger partial charge is 0.250 e. The zero-order chi connectivity index (χ0) is 17.7. The number of oxazole rings is 1. The molecular weight excluding hydrogens is 346 g/mol. The number of aryl methyl sites for hydroxylation is 1. The summed E-state index contributed by atoms with van der Waals surface area (Å²) in [7, 11) is 0. The number of hydrogen-bond donors (Lipinski definition) is 0. The summed E-state index contributed by atoms with van der Waals surface area (Å²) in [6.07, 6.45) is 1.18. The maximum atomic E-state index is 12.2. The highest BCUT2D eigenvalue weighted by Crippen LogP contribution is 2.36. The highest BCUT2D eigenvalue weighted by atomic mass is 32.1. The number of aromatic nitrogens is 2. The van der Waals surface area contributed by atoms with Gasteiger partial charge in [-0.15, -0.1) is 11.3 Å². The Morgan fingerprint density at radius 3 is 3.00 bits per heavy atom. The van der Waals surface area contributed by atoms with Crippen molar-refractivity contribution < 1.29 is 4.42 Å². The quantitative estimate of drug-likeness (QED) is 0.711. The summed E-state index contributed by atoms with van der Waals surface area (Å²) in [6.45, 7) is 5.63. The number of nitrogens with zero attached hydrogens (tertiary/aromatic N) is 3. The van der Waals surface area contributed by atoms with Crippen molar-refractivity contribution >= 4 is 11.3 Å². The lowest BCUT2D eigenvalue weighted by Gasteiger charge is -2.42. The second kappa shape index (κ2) is 6.21. The zero-order valence-electron chi connectivity index (χ0n) is 14.7. The molecule has 134 valence electrons. The molecule has 5 nitrogen and oxygen atoms in total. The summed E-state index contributed by atoms with van der Waals surface area (Å²) in [6, 6.07) is 9.74. The minimum Gasteiger partial charge on any atom is -0.440 e. The van der Waals surface area contributed by atoms with E-state index in [-0.39, 0.29) is 5.56 Å². The van der Waals surface area contributed by atoms with Crippen molar-refractivity contribution in [3.8, 4) is 10.8 Å². The number of thiophene rings is 1. The summed E-state index contributed by atoms with van der Waals surface area (Å²) in [4.78, 5) is 20.4. The van der Waals surface area contributed by atoms with Gasteiger partial charge in [-0.1, -0.05) is 12.1 Å². The molecule has 3 aromatic heterocycles. The summed E-state index contributed by atoms with van der Waals surface area (Å²) in [5, 5.41) is 2.04. The molecule has 2 bridgehead atoms. The van der Waals surface area contributed by atoms with Crippen molar-refractivity contribution in [2.75, 3.05) is 13.1 Å². The van der Waals surface area contributed by atoms with Gasteiger partial charge in [0.05, 0.1) is 10.6 Å². The molecule has 2 atom stereocenters. The van der Waals surface area contributed by atoms with Crippen LogP contribution in [0, 0.1) is 12.8 Å². The number of fused-ring (bicyclic) bond motifs is 4. The van der Waals surface area contributed by atoms with Gasteiger partial charge >= 0.3 is 0 Å². The molecule has 2 aliphatic rings. The first-order chi connectivity index (χ1) is 12.7. The number of hydrogen-bond acceptors (Lipinski definition) is 5. The van der Waals surface area contributed by atoms with Gasteiger partial charge in [-0.25, -0.2) is 4.98 Å². The molecule has 6 heteroatoms. The van der Waals surface area contributed by atoms with Crippen LogP contribution in [0.2, 0.25) is 0 Å². The topological polar surface area (TPSA) is 51.3 Å². The summed E-state index contributed by atoms with van der Waals surface area (Å²) < 4.78 is 7.87. The number of likely N-dealkylation sites (tertiary alicyclic amines) is 1. The standard InChI is InChI=1S/C20H21N3O2S/c1-13-16(21-20(25-13)18-5-3-7-26-18)12-22-9-14-8-15(11-22)17-4-2-6-19(24)23(17)10-14/h2-7,14-15H,8-12H2,1H3/t14-,15-/m0/s1. The van der Waals surface area contributed by atoms with Crippen LogP contribution in [-0.2, 0) is 13.1 Å². The SMILES string of the molecule is Cc1oc(-c2cccs2)nc1CN1C[C@@H]2C[C@@H](C1)c1cccc(=O)n1C2. The van der Waals surface area contributed by atoms with E-state index in [1.165, 1.54) is 12.1 Å². The molecule has 0 spiro atoms. The van der Waals surface area contributed by atoms with Gasteiger partial charge in [-0.3, -0.25) is 9.69 Å². The van der Waals surface area contributed by atoms with Crippen LogP contribution in [0.25, 0.3) is 10.8 Å². The van der Waals surface area contributed by atoms with E-state index >= 15 is 0 Å². The molecule has 3 aromatic rings. The Labute approximate surface area is 155 Å². The Hall–Kier alpha value is -2.18. The average molecular weight is 367 g/mol. The number of piperidine rings is 1. The van der Waals surface area contributed by atoms with E-state index in [0.717, 1.165) is 48.4 Å². The zero-order valence-corrected chi connectivity index (χ0v) is 15.5. The molecule has 5 heterocycles. The second-order valence-corrected chi connectivity index (χ2v) is 8.34. The molecule has 5 rings (SSSR count). The fraction of sp³-hybridized carbons (Fsp3) is 0.400. The minimum absolute atomic E-state index is 0.138. The normalized spacial score (nSPS) is 22.3. The van der Waals surface area contributed by atoms with Crippen molar-refractivity contribution in [3.63, 3.8) is 0 Å². The summed E-state index contributed by atoms with van der Waals surface area (Å²) in [5.74, 6) is 2.59. The third-order valence-electron chi connectivity index (χ3n) is 5.55. The Morgan fingerprint density at radius 1 is 1.23 bits per heavy atom. The number of pyridine rings is 1. The van der Waals surface area contributed by atoms with Crippen LogP contribution >= 0.6 is 11.3 Å². The fourth-order valence-electron chi connectivity index (χ4n) is 4.42. The van der Waals surface area contributed by atoms with E-state index in [4.69, 9.17) is 9.40 Å². The predicted octanol–water partition coefficient (Wildman–Crippen LogP) is 3.49. The molecule has 2 aliphatic heterocycles. The van der Waals surface area contributed by atoms with Gasteiger partial charge in [-0.2, -0.15) is 0 Å². The van der Waals surface area contributed by atoms with Gasteiger partial charge < -0.3 is 8.98 Å². The second-order valence-electron chi connectivity index (χ2n) is 7.39. The van der Waals surface area contributed by atoms with Crippen LogP contribution in [0.15, 0.2) is 44.9 Å². The molecule has 0 radical (unpaired) electrons. The maximum absolute atomic E-state index is 12.2. The summed E-state index contributed by atoms with van der Waals surface area (Å²) >= 11 is 1.65. The first-order valence-corrected chi connectivity index (χ1v) is 9.97. The van der Waals surface area contributed by atoms with E-state index in [1.54, 1.807) is 17.4 Å². The lowest BCUT2D eigenvalue weighted by atomic mass is 9.83. The Balaban J connectivity index is 1.38. The van der Waals surface area contributed by atoms with Gasteiger partial charge in [0.15, 0.2) is 0 Å². The van der Waals surface area contributed by atoms with Crippen LogP contribution in [0.5, 0.6) is 0 Å². The summed E-state index contributed by atoms with van der Waals surface area (Å²) in [5.41, 5.74) is 2.35. The third kappa shape index (κ3) is 2.73. The van der Waals surface area contributed by atoms with E-state index in [9.17, 15) is 4.79 Å². The van der Waals surface area contributed by atoms with Crippen LogP contribution in [0.1, 0.15) is 29.5 Å². The molecule has 0 amide bonds. The molecule has 0 N–H and O–H groups in total. The lowest BCUT2D eigenvalue weighted by molar-refractivity contribution is 0.113. The van der Waals surface area contributed by atoms with Crippen LogP contribution in [-0.4, -0.2) is 27.5 Å². The van der Waals surface area contributed by atoms with Gasteiger partial charge in [0.2, 0.25) is 5.89 Å². The van der Waals surface area contributed by atoms with Gasteiger partial charge in [-0.05, 0) is 36.8 Å². The molecule has 0 aliphatic carbocycles. The predicted molar refractivity (Wildman–Crippen MR) is 101 cm³/mol. The highest BCUT2D eigenvalue weighted by molar-refractivity contribution is 7.13. The Morgan fingerprint density at radius 2 is 2.15 bits per heavy atom. The van der Waals surface area contributed by atoms with Crippen molar-refractivity contribution in [3.05, 3.63) is 63.2 Å². The van der Waals surface area contributed by atoms with E-state index in [2.05, 4.69) is 11.0 Å². The van der Waals surface area contributed by atoms with Crippen molar-refractivity contribution in [2.45, 2.75) is 32.4 Å². The van der Waals surface area contributed by atoms with Crippen molar-refractivity contribution in [1.29, 1.82) is 0 Å². The maximum Gasteiger partial charge on any atom is 0.250 e. The highest BCUT2D eigenvalue weighted by Gasteiger charge is 2.34. The first-order valence-electron chi connectivity index (χ1n) is 9.09. The molecule has 0 saturated carbocycles. The molecular formula is C20H21N3O2S. The number of rotatable bonds is 3.